The van der Waals surface area contributed by atoms with Crippen LogP contribution in [-0.2, 0) is 27.2 Å². The van der Waals surface area contributed by atoms with Crippen LogP contribution in [-0.4, -0.2) is 43.6 Å². The van der Waals surface area contributed by atoms with E-state index in [4.69, 9.17) is 9.47 Å². The number of carbonyl (C=O) groups is 1. The molecule has 0 amide bonds. The van der Waals surface area contributed by atoms with E-state index < -0.39 is 28.2 Å². The number of aryl methyl sites for hydroxylation is 1. The zero-order chi connectivity index (χ0) is 31.7. The molecule has 3 aromatic heterocycles. The summed E-state index contributed by atoms with van der Waals surface area (Å²) in [7, 11) is 1.44. The summed E-state index contributed by atoms with van der Waals surface area (Å²) < 4.78 is 28.7. The van der Waals surface area contributed by atoms with Crippen LogP contribution in [0.15, 0.2) is 40.2 Å². The molecule has 3 heterocycles. The second-order valence-corrected chi connectivity index (χ2v) is 12.4. The number of ketones is 1. The number of methoxy groups -OCH3 is 1. The van der Waals surface area contributed by atoms with Gasteiger partial charge in [0.25, 0.3) is 5.56 Å². The van der Waals surface area contributed by atoms with Gasteiger partial charge in [-0.2, -0.15) is 15.5 Å². The fraction of sp³-hybridized carbons (Fsp3) is 0.467. The average Bonchev–Trinajstić information content (AvgIpc) is 3.59. The third-order valence-corrected chi connectivity index (χ3v) is 8.73. The highest BCUT2D eigenvalue weighted by atomic mass is 32.1. The highest BCUT2D eigenvalue weighted by molar-refractivity contribution is 7.21. The Morgan fingerprint density at radius 1 is 1.19 bits per heavy atom. The number of hydrogen-bond donors (Lipinski definition) is 0. The zero-order valence-corrected chi connectivity index (χ0v) is 26.1. The van der Waals surface area contributed by atoms with Crippen LogP contribution in [0.2, 0.25) is 0 Å². The van der Waals surface area contributed by atoms with Gasteiger partial charge in [-0.15, -0.1) is 4.80 Å². The second kappa shape index (κ2) is 12.2. The number of carbonyl (C=O) groups excluding carboxylic acids is 1. The van der Waals surface area contributed by atoms with Crippen molar-refractivity contribution in [1.29, 1.82) is 5.26 Å². The molecule has 0 aliphatic heterocycles. The monoisotopic (exact) mass is 610 g/mol. The molecule has 0 saturated carbocycles. The summed E-state index contributed by atoms with van der Waals surface area (Å²) in [4.78, 5) is 43.7. The molecule has 11 nitrogen and oxygen atoms in total. The smallest absolute Gasteiger partial charge is 0.333 e. The molecule has 1 aromatic carbocycles. The second-order valence-electron chi connectivity index (χ2n) is 11.5. The van der Waals surface area contributed by atoms with Crippen LogP contribution in [0.3, 0.4) is 0 Å². The van der Waals surface area contributed by atoms with Gasteiger partial charge in [-0.05, 0) is 51.8 Å². The Bertz CT molecular complexity index is 1820. The molecule has 0 aliphatic rings. The molecule has 1 atom stereocenters. The fourth-order valence-corrected chi connectivity index (χ4v) is 6.36. The number of Topliss-reactive ketones (excluding diaryl/α,β-unsaturated/α-hetero) is 1. The maximum Gasteiger partial charge on any atom is 0.333 e. The molecule has 43 heavy (non-hydrogen) atoms. The molecule has 0 saturated heterocycles. The molecule has 4 aromatic rings. The number of ether oxygens (including phenoxy) is 2. The first-order valence-corrected chi connectivity index (χ1v) is 14.6. The largest absolute Gasteiger partial charge is 0.496 e. The first-order valence-electron chi connectivity index (χ1n) is 13.8. The van der Waals surface area contributed by atoms with Crippen molar-refractivity contribution in [3.63, 3.8) is 0 Å². The van der Waals surface area contributed by atoms with Crippen molar-refractivity contribution in [1.82, 2.24) is 24.1 Å². The number of thiophene rings is 1. The first-order chi connectivity index (χ1) is 20.3. The number of aromatic nitrogens is 5. The number of hydrogen-bond acceptors (Lipinski definition) is 9. The summed E-state index contributed by atoms with van der Waals surface area (Å²) in [5.41, 5.74) is -3.39. The predicted octanol–water partition coefficient (Wildman–Crippen LogP) is 4.46. The van der Waals surface area contributed by atoms with E-state index in [-0.39, 0.29) is 43.1 Å². The Balaban J connectivity index is 2.08. The number of nitrogens with zero attached hydrogens (tertiary/aromatic N) is 6. The predicted molar refractivity (Wildman–Crippen MR) is 160 cm³/mol. The highest BCUT2D eigenvalue weighted by Gasteiger charge is 2.38. The van der Waals surface area contributed by atoms with Crippen LogP contribution >= 0.6 is 11.3 Å². The van der Waals surface area contributed by atoms with E-state index in [0.717, 1.165) is 15.9 Å². The molecule has 0 radical (unpaired) electrons. The molecule has 0 bridgehead atoms. The summed E-state index contributed by atoms with van der Waals surface area (Å²) in [6.07, 6.45) is 3.21. The van der Waals surface area contributed by atoms with Gasteiger partial charge in [-0.3, -0.25) is 14.2 Å². The number of benzene rings is 1. The van der Waals surface area contributed by atoms with E-state index in [1.54, 1.807) is 27.7 Å². The normalized spacial score (nSPS) is 13.3. The Morgan fingerprint density at radius 3 is 2.47 bits per heavy atom. The quantitative estimate of drug-likeness (QED) is 0.215. The average molecular weight is 611 g/mol. The molecule has 4 rings (SSSR count). The number of nitriles is 1. The third kappa shape index (κ3) is 5.89. The lowest BCUT2D eigenvalue weighted by atomic mass is 9.91. The van der Waals surface area contributed by atoms with Gasteiger partial charge < -0.3 is 9.47 Å². The highest BCUT2D eigenvalue weighted by Crippen LogP contribution is 2.38. The molecule has 0 spiro atoms. The first kappa shape index (κ1) is 31.8. The lowest BCUT2D eigenvalue weighted by molar-refractivity contribution is -0.127. The van der Waals surface area contributed by atoms with Crippen molar-refractivity contribution >= 4 is 27.3 Å². The summed E-state index contributed by atoms with van der Waals surface area (Å²) in [5, 5.41) is 18.4. The topological polar surface area (TPSA) is 134 Å². The fourth-order valence-electron chi connectivity index (χ4n) is 5.15. The Labute approximate surface area is 252 Å². The molecule has 0 fully saturated rings. The van der Waals surface area contributed by atoms with Gasteiger partial charge >= 0.3 is 5.69 Å². The van der Waals surface area contributed by atoms with Crippen LogP contribution in [0.25, 0.3) is 15.2 Å². The van der Waals surface area contributed by atoms with Crippen molar-refractivity contribution in [2.75, 3.05) is 13.7 Å². The number of rotatable bonds is 12. The van der Waals surface area contributed by atoms with E-state index in [9.17, 15) is 24.0 Å². The van der Waals surface area contributed by atoms with Gasteiger partial charge in [0.05, 0.1) is 50.5 Å². The summed E-state index contributed by atoms with van der Waals surface area (Å²) >= 11 is 1.14. The van der Waals surface area contributed by atoms with Crippen LogP contribution < -0.4 is 16.0 Å². The van der Waals surface area contributed by atoms with Crippen LogP contribution in [0.4, 0.5) is 4.39 Å². The Morgan fingerprint density at radius 2 is 1.86 bits per heavy atom. The van der Waals surface area contributed by atoms with E-state index >= 15 is 0 Å². The minimum Gasteiger partial charge on any atom is -0.496 e. The number of halogens is 1. The maximum atomic E-state index is 14.6. The molecular formula is C30H35FN6O5S. The van der Waals surface area contributed by atoms with Crippen LogP contribution in [0, 0.1) is 30.0 Å². The third-order valence-electron chi connectivity index (χ3n) is 7.45. The van der Waals surface area contributed by atoms with Gasteiger partial charge in [0.2, 0.25) is 0 Å². The standard InChI is InChI=1S/C30H35FN6O5S/c1-18(2)15-23(38)29(4,5)36-25(39)24-19(3)26(37-33-12-13-34-37)43-27(24)35(28(36)40)17-30(6,42-14-8-11-32)21-16-20(31)9-10-22(21)41-7/h9-10,12-13,16,18H,8,14-15,17H2,1-7H3/t30-/m1/s1. The van der Waals surface area contributed by atoms with Crippen molar-refractivity contribution < 1.29 is 18.7 Å². The van der Waals surface area contributed by atoms with Crippen molar-refractivity contribution in [2.24, 2.45) is 5.92 Å². The molecule has 13 heteroatoms. The summed E-state index contributed by atoms with van der Waals surface area (Å²) in [6.45, 7) is 10.1. The molecule has 0 aliphatic carbocycles. The van der Waals surface area contributed by atoms with E-state index in [0.29, 0.717) is 26.7 Å². The van der Waals surface area contributed by atoms with Gasteiger partial charge in [-0.1, -0.05) is 25.2 Å². The molecular weight excluding hydrogens is 575 g/mol. The Kier molecular flexibility index (Phi) is 9.03. The van der Waals surface area contributed by atoms with E-state index in [1.807, 2.05) is 19.9 Å². The van der Waals surface area contributed by atoms with Gasteiger partial charge in [0.15, 0.2) is 5.78 Å². The minimum absolute atomic E-state index is 0.00563. The van der Waals surface area contributed by atoms with Crippen molar-refractivity contribution in [3.05, 3.63) is 68.4 Å². The van der Waals surface area contributed by atoms with E-state index in [1.165, 1.54) is 47.1 Å². The van der Waals surface area contributed by atoms with Crippen LogP contribution in [0.1, 0.15) is 58.6 Å². The minimum atomic E-state index is -1.48. The van der Waals surface area contributed by atoms with Crippen molar-refractivity contribution in [2.45, 2.75) is 72.1 Å². The Hall–Kier alpha value is -4.15. The van der Waals surface area contributed by atoms with Gasteiger partial charge in [0.1, 0.15) is 32.5 Å². The SMILES string of the molecule is COc1ccc(F)cc1[C@@](C)(Cn1c(=O)n(C(C)(C)C(=O)CC(C)C)c(=O)c2c(C)c(-n3nccn3)sc21)OCCC#N. The van der Waals surface area contributed by atoms with Crippen molar-refractivity contribution in [3.8, 4) is 16.8 Å². The lowest BCUT2D eigenvalue weighted by Gasteiger charge is -2.33. The number of fused-ring (bicyclic) bond motifs is 1. The van der Waals surface area contributed by atoms with Gasteiger partial charge in [0, 0.05) is 17.5 Å². The molecule has 228 valence electrons. The lowest BCUT2D eigenvalue weighted by Crippen LogP contribution is -2.53. The van der Waals surface area contributed by atoms with Gasteiger partial charge in [-0.25, -0.2) is 13.8 Å². The molecule has 0 N–H and O–H groups in total. The maximum absolute atomic E-state index is 14.6. The van der Waals surface area contributed by atoms with E-state index in [2.05, 4.69) is 10.2 Å². The van der Waals surface area contributed by atoms with Crippen LogP contribution in [0.5, 0.6) is 5.75 Å². The molecule has 0 unspecified atom stereocenters. The zero-order valence-electron chi connectivity index (χ0n) is 25.3. The summed E-state index contributed by atoms with van der Waals surface area (Å²) in [6, 6.07) is 6.00. The summed E-state index contributed by atoms with van der Waals surface area (Å²) in [5.74, 6) is -0.497.